The molecule has 0 aliphatic carbocycles. The van der Waals surface area contributed by atoms with Crippen molar-refractivity contribution in [2.45, 2.75) is 88.3 Å². The van der Waals surface area contributed by atoms with E-state index in [2.05, 4.69) is 0 Å². The largest absolute Gasteiger partial charge is 0.497 e. The minimum atomic E-state index is -1.85. The molecule has 4 aliphatic rings. The highest BCUT2D eigenvalue weighted by molar-refractivity contribution is 6.22. The summed E-state index contributed by atoms with van der Waals surface area (Å²) >= 11 is 0. The van der Waals surface area contributed by atoms with E-state index in [-0.39, 0.29) is 54.4 Å². The standard InChI is InChI=1S/C53H50N2O16/c1-30(56)66-46-42(54-48(59)36-18-10-11-19-37(36)49(54)60)53(69-40(44(46)58)28-64-26-32-14-6-4-7-15-32)71-45-41(29-65-27-33-16-8-5-9-17-33)70-52(68-35-24-22-34(63-3)23-25-35)43(47(45)67-31(2)57)55-50(61)38-20-12-13-21-39(38)51(55)62/h4-25,40-47,52-53,58H,26-29H2,1-3H3/t40-,41-,42-,43-,44-,45-,46-,47-,52-,53+/m1/s1. The average molecular weight is 971 g/mol. The molecule has 0 aromatic heterocycles. The molecule has 0 unspecified atom stereocenters. The zero-order chi connectivity index (χ0) is 49.8. The van der Waals surface area contributed by atoms with Gasteiger partial charge in [0.25, 0.3) is 23.6 Å². The molecule has 9 rings (SSSR count). The molecule has 368 valence electrons. The summed E-state index contributed by atoms with van der Waals surface area (Å²) in [6.07, 6.45) is -12.9. The number of fused-ring (bicyclic) bond motifs is 2. The van der Waals surface area contributed by atoms with E-state index in [1.807, 2.05) is 60.7 Å². The van der Waals surface area contributed by atoms with Crippen LogP contribution in [0.1, 0.15) is 66.4 Å². The van der Waals surface area contributed by atoms with E-state index in [1.54, 1.807) is 48.5 Å². The lowest BCUT2D eigenvalue weighted by molar-refractivity contribution is -0.336. The summed E-state index contributed by atoms with van der Waals surface area (Å²) in [7, 11) is 1.49. The molecular weight excluding hydrogens is 921 g/mol. The van der Waals surface area contributed by atoms with Crippen molar-refractivity contribution in [2.75, 3.05) is 20.3 Å². The first kappa shape index (κ1) is 48.7. The molecule has 18 heteroatoms. The van der Waals surface area contributed by atoms with E-state index in [4.69, 9.17) is 42.6 Å². The Balaban J connectivity index is 1.16. The van der Waals surface area contributed by atoms with Gasteiger partial charge >= 0.3 is 11.9 Å². The second-order valence-corrected chi connectivity index (χ2v) is 17.2. The molecule has 0 radical (unpaired) electrons. The Morgan fingerprint density at radius 2 is 0.930 bits per heavy atom. The molecular formula is C53H50N2O16. The molecule has 10 atom stereocenters. The number of hydrogen-bond acceptors (Lipinski definition) is 16. The van der Waals surface area contributed by atoms with E-state index in [0.717, 1.165) is 34.8 Å². The van der Waals surface area contributed by atoms with Gasteiger partial charge in [-0.2, -0.15) is 0 Å². The molecule has 4 aliphatic heterocycles. The van der Waals surface area contributed by atoms with E-state index >= 15 is 0 Å². The SMILES string of the molecule is COc1ccc(O[C@@H]2O[C@H](COCc3ccccc3)[C@@H](O[C@@H]3O[C@H](COCc4ccccc4)[C@@H](O)[C@H](OC(C)=O)[C@H]3N3C(=O)c4ccccc4C3=O)[C@H](OC(C)=O)[C@H]2N2C(=O)c3ccccc3C2=O)cc1. The highest BCUT2D eigenvalue weighted by Gasteiger charge is 2.61. The van der Waals surface area contributed by atoms with Gasteiger partial charge in [0.05, 0.1) is 55.8 Å². The van der Waals surface area contributed by atoms with Crippen molar-refractivity contribution in [1.82, 2.24) is 9.80 Å². The Bertz CT molecular complexity index is 2690. The minimum absolute atomic E-state index is 0.0239. The lowest BCUT2D eigenvalue weighted by Crippen LogP contribution is -2.71. The smallest absolute Gasteiger partial charge is 0.303 e. The predicted octanol–water partition coefficient (Wildman–Crippen LogP) is 4.90. The number of amides is 4. The highest BCUT2D eigenvalue weighted by atomic mass is 16.7. The van der Waals surface area contributed by atoms with E-state index in [0.29, 0.717) is 5.75 Å². The van der Waals surface area contributed by atoms with Crippen LogP contribution in [0.5, 0.6) is 11.5 Å². The molecule has 4 heterocycles. The second kappa shape index (κ2) is 21.4. The molecule has 2 saturated heterocycles. The van der Waals surface area contributed by atoms with Crippen molar-refractivity contribution >= 4 is 35.6 Å². The number of esters is 2. The summed E-state index contributed by atoms with van der Waals surface area (Å²) in [5.41, 5.74) is 1.74. The van der Waals surface area contributed by atoms with Crippen LogP contribution in [0, 0.1) is 0 Å². The van der Waals surface area contributed by atoms with Gasteiger partial charge in [-0.3, -0.25) is 38.6 Å². The second-order valence-electron chi connectivity index (χ2n) is 17.2. The third kappa shape index (κ3) is 10.2. The van der Waals surface area contributed by atoms with Gasteiger partial charge in [0.15, 0.2) is 18.5 Å². The Kier molecular flexibility index (Phi) is 14.6. The summed E-state index contributed by atoms with van der Waals surface area (Å²) in [6.45, 7) is 1.70. The molecule has 1 N–H and O–H groups in total. The number of ether oxygens (including phenoxy) is 9. The van der Waals surface area contributed by atoms with Crippen LogP contribution >= 0.6 is 0 Å². The van der Waals surface area contributed by atoms with Crippen LogP contribution in [0.25, 0.3) is 0 Å². The molecule has 5 aromatic carbocycles. The molecule has 0 bridgehead atoms. The third-order valence-electron chi connectivity index (χ3n) is 12.5. The number of methoxy groups -OCH3 is 1. The molecule has 18 nitrogen and oxygen atoms in total. The van der Waals surface area contributed by atoms with Crippen molar-refractivity contribution < 1.29 is 76.5 Å². The lowest BCUT2D eigenvalue weighted by Gasteiger charge is -2.51. The molecule has 0 saturated carbocycles. The summed E-state index contributed by atoms with van der Waals surface area (Å²) in [5, 5.41) is 12.1. The monoisotopic (exact) mass is 970 g/mol. The Morgan fingerprint density at radius 1 is 0.521 bits per heavy atom. The van der Waals surface area contributed by atoms with Gasteiger partial charge in [0.1, 0.15) is 48.0 Å². The van der Waals surface area contributed by atoms with Crippen LogP contribution in [-0.4, -0.2) is 132 Å². The molecule has 2 fully saturated rings. The number of rotatable bonds is 17. The number of imide groups is 2. The number of benzene rings is 5. The topological polar surface area (TPSA) is 212 Å². The van der Waals surface area contributed by atoms with Gasteiger partial charge in [0.2, 0.25) is 6.29 Å². The van der Waals surface area contributed by atoms with Crippen LogP contribution in [0.3, 0.4) is 0 Å². The predicted molar refractivity (Wildman–Crippen MR) is 247 cm³/mol. The lowest BCUT2D eigenvalue weighted by atomic mass is 9.92. The van der Waals surface area contributed by atoms with Gasteiger partial charge in [-0.15, -0.1) is 0 Å². The van der Waals surface area contributed by atoms with Crippen molar-refractivity contribution in [2.24, 2.45) is 0 Å². The summed E-state index contributed by atoms with van der Waals surface area (Å²) in [6, 6.07) is 33.6. The zero-order valence-corrected chi connectivity index (χ0v) is 38.8. The van der Waals surface area contributed by atoms with E-state index in [9.17, 15) is 33.9 Å². The molecule has 4 amide bonds. The van der Waals surface area contributed by atoms with Crippen molar-refractivity contribution in [3.05, 3.63) is 167 Å². The van der Waals surface area contributed by atoms with Gasteiger partial charge in [-0.25, -0.2) is 0 Å². The summed E-state index contributed by atoms with van der Waals surface area (Å²) in [5.74, 6) is -4.19. The third-order valence-corrected chi connectivity index (χ3v) is 12.5. The van der Waals surface area contributed by atoms with Crippen LogP contribution in [0.2, 0.25) is 0 Å². The fourth-order valence-corrected chi connectivity index (χ4v) is 9.27. The molecule has 0 spiro atoms. The fourth-order valence-electron chi connectivity index (χ4n) is 9.27. The summed E-state index contributed by atoms with van der Waals surface area (Å²) < 4.78 is 56.5. The number of nitrogens with zero attached hydrogens (tertiary/aromatic N) is 2. The van der Waals surface area contributed by atoms with Gasteiger partial charge in [0, 0.05) is 13.8 Å². The first-order valence-corrected chi connectivity index (χ1v) is 22.9. The fraction of sp³-hybridized carbons (Fsp3) is 0.321. The maximum absolute atomic E-state index is 14.5. The van der Waals surface area contributed by atoms with E-state index < -0.39 is 96.9 Å². The maximum atomic E-state index is 14.5. The van der Waals surface area contributed by atoms with Crippen LogP contribution < -0.4 is 9.47 Å². The van der Waals surface area contributed by atoms with Gasteiger partial charge < -0.3 is 47.7 Å². The number of aliphatic hydroxyl groups excluding tert-OH is 1. The highest BCUT2D eigenvalue weighted by Crippen LogP contribution is 2.40. The first-order chi connectivity index (χ1) is 34.4. The zero-order valence-electron chi connectivity index (χ0n) is 38.8. The van der Waals surface area contributed by atoms with Crippen molar-refractivity contribution in [1.29, 1.82) is 0 Å². The molecule has 5 aromatic rings. The Morgan fingerprint density at radius 3 is 1.39 bits per heavy atom. The number of aliphatic hydroxyl groups is 1. The van der Waals surface area contributed by atoms with E-state index in [1.165, 1.54) is 31.4 Å². The average Bonchev–Trinajstić information content (AvgIpc) is 3.77. The normalized spacial score (nSPS) is 25.9. The Hall–Kier alpha value is -7.32. The number of hydrogen-bond donors (Lipinski definition) is 1. The maximum Gasteiger partial charge on any atom is 0.303 e. The van der Waals surface area contributed by atoms with Crippen LogP contribution in [-0.2, 0) is 56.0 Å². The number of carbonyl (C=O) groups excluding carboxylic acids is 6. The van der Waals surface area contributed by atoms with Crippen molar-refractivity contribution in [3.8, 4) is 11.5 Å². The summed E-state index contributed by atoms with van der Waals surface area (Å²) in [4.78, 5) is 86.1. The van der Waals surface area contributed by atoms with Gasteiger partial charge in [-0.05, 0) is 59.7 Å². The minimum Gasteiger partial charge on any atom is -0.497 e. The first-order valence-electron chi connectivity index (χ1n) is 22.9. The van der Waals surface area contributed by atoms with Crippen LogP contribution in [0.15, 0.2) is 133 Å². The quantitative estimate of drug-likeness (QED) is 0.0970. The van der Waals surface area contributed by atoms with Crippen LogP contribution in [0.4, 0.5) is 0 Å². The van der Waals surface area contributed by atoms with Crippen molar-refractivity contribution in [3.63, 3.8) is 0 Å². The number of carbonyl (C=O) groups is 6. The Labute approximate surface area is 407 Å². The molecule has 71 heavy (non-hydrogen) atoms. The van der Waals surface area contributed by atoms with Gasteiger partial charge in [-0.1, -0.05) is 84.9 Å².